The van der Waals surface area contributed by atoms with E-state index in [4.69, 9.17) is 28.0 Å². The predicted molar refractivity (Wildman–Crippen MR) is 272 cm³/mol. The molecule has 0 spiro atoms. The van der Waals surface area contributed by atoms with Crippen LogP contribution in [-0.4, -0.2) is 183 Å². The zero-order chi connectivity index (χ0) is 59.4. The number of aliphatic carboxylic acids is 4. The van der Waals surface area contributed by atoms with E-state index in [0.717, 1.165) is 0 Å². The molecule has 0 aliphatic carbocycles. The number of hydrogen-bond acceptors (Lipinski definition) is 17. The van der Waals surface area contributed by atoms with Crippen molar-refractivity contribution < 1.29 is 87.5 Å². The molecule has 0 aromatic carbocycles. The van der Waals surface area contributed by atoms with Gasteiger partial charge >= 0.3 is 23.9 Å². The standard InChI is InChI=1S/C44H74N14O18S/c1-7-20(6)34(57-28(60)16-50-35(67)26(17-77)56-39(71)23(13-29(61)62)53-40(72)32(46)18(2)3)42(74)52-22(10-11-27(45)59)37(69)58-33(19(4)5)41(73)54-24(14-30(63)64)38(70)51-21(9-8-12-49-44(47)48)36(68)55-25(43(75)76)15-31(65)66/h18-26,32-34,77H,7-17,46H2,1-6H3,(H2,45,59)(H,50,67)(H,51,70)(H,52,74)(H,53,72)(H,54,73)(H,55,68)(H,56,71)(H,57,60)(H,58,69)(H,61,62)(H,63,64)(H,65,66)(H,75,76)(H4,47,48,49)/t20-,21-,22-,23-,24-,25-,26-,32-,33-,34-/m0/s1. The van der Waals surface area contributed by atoms with Crippen molar-refractivity contribution in [3.63, 3.8) is 0 Å². The Hall–Kier alpha value is -7.84. The second-order valence-electron chi connectivity index (χ2n) is 18.3. The van der Waals surface area contributed by atoms with Crippen molar-refractivity contribution in [2.24, 2.45) is 45.7 Å². The van der Waals surface area contributed by atoms with Crippen molar-refractivity contribution in [1.29, 1.82) is 0 Å². The van der Waals surface area contributed by atoms with E-state index in [2.05, 4.69) is 60.2 Å². The molecule has 0 saturated heterocycles. The molecule has 0 aromatic rings. The van der Waals surface area contributed by atoms with Gasteiger partial charge in [-0.25, -0.2) is 4.79 Å². The third kappa shape index (κ3) is 27.0. The van der Waals surface area contributed by atoms with Crippen molar-refractivity contribution in [2.75, 3.05) is 18.8 Å². The zero-order valence-corrected chi connectivity index (χ0v) is 44.3. The fourth-order valence-electron chi connectivity index (χ4n) is 6.58. The molecule has 0 radical (unpaired) electrons. The molecule has 10 atom stereocenters. The van der Waals surface area contributed by atoms with Gasteiger partial charge in [0.25, 0.3) is 0 Å². The van der Waals surface area contributed by atoms with Crippen LogP contribution in [0.5, 0.6) is 0 Å². The lowest BCUT2D eigenvalue weighted by molar-refractivity contribution is -0.147. The van der Waals surface area contributed by atoms with E-state index >= 15 is 0 Å². The highest BCUT2D eigenvalue weighted by atomic mass is 32.1. The lowest BCUT2D eigenvalue weighted by atomic mass is 9.97. The number of nitrogens with one attached hydrogen (secondary N) is 9. The fraction of sp³-hybridized carbons (Fsp3) is 0.659. The smallest absolute Gasteiger partial charge is 0.326 e. The van der Waals surface area contributed by atoms with E-state index in [-0.39, 0.29) is 43.4 Å². The van der Waals surface area contributed by atoms with Crippen molar-refractivity contribution >= 4 is 102 Å². The Morgan fingerprint density at radius 2 is 0.935 bits per heavy atom. The number of primary amides is 1. The molecule has 0 heterocycles. The van der Waals surface area contributed by atoms with Crippen molar-refractivity contribution in [2.45, 2.75) is 147 Å². The van der Waals surface area contributed by atoms with Gasteiger partial charge in [0.1, 0.15) is 48.3 Å². The van der Waals surface area contributed by atoms with Crippen LogP contribution in [-0.2, 0) is 67.1 Å². The summed E-state index contributed by atoms with van der Waals surface area (Å²) in [5.74, 6) is -19.6. The van der Waals surface area contributed by atoms with Crippen LogP contribution < -0.4 is 70.8 Å². The number of carboxylic acids is 4. The Labute approximate surface area is 447 Å². The molecular weight excluding hydrogens is 1040 g/mol. The van der Waals surface area contributed by atoms with Crippen LogP contribution in [0.3, 0.4) is 0 Å². The minimum Gasteiger partial charge on any atom is -0.481 e. The number of rotatable bonds is 37. The second kappa shape index (κ2) is 34.7. The highest BCUT2D eigenvalue weighted by Gasteiger charge is 2.37. The number of nitrogens with zero attached hydrogens (tertiary/aromatic N) is 1. The number of carboxylic acid groups (broad SMARTS) is 4. The van der Waals surface area contributed by atoms with Crippen molar-refractivity contribution in [1.82, 2.24) is 47.9 Å². The fourth-order valence-corrected chi connectivity index (χ4v) is 6.84. The number of amides is 10. The summed E-state index contributed by atoms with van der Waals surface area (Å²) in [6.45, 7) is 8.38. The van der Waals surface area contributed by atoms with Crippen LogP contribution in [0.2, 0.25) is 0 Å². The Kier molecular flexibility index (Phi) is 31.1. The molecule has 0 bridgehead atoms. The van der Waals surface area contributed by atoms with E-state index in [1.807, 2.05) is 5.32 Å². The number of carbonyl (C=O) groups excluding carboxylic acids is 10. The number of hydrogen-bond donors (Lipinski definition) is 18. The number of thiol groups is 1. The largest absolute Gasteiger partial charge is 0.481 e. The van der Waals surface area contributed by atoms with E-state index in [9.17, 15) is 82.4 Å². The molecule has 0 fully saturated rings. The maximum absolute atomic E-state index is 13.9. The molecule has 10 amide bonds. The topological polar surface area (TPSA) is 545 Å². The molecule has 32 nitrogen and oxygen atoms in total. The van der Waals surface area contributed by atoms with Crippen LogP contribution in [0.1, 0.15) is 92.9 Å². The maximum atomic E-state index is 13.9. The highest BCUT2D eigenvalue weighted by molar-refractivity contribution is 7.80. The van der Waals surface area contributed by atoms with Gasteiger partial charge in [0, 0.05) is 18.7 Å². The van der Waals surface area contributed by atoms with Gasteiger partial charge in [0.05, 0.1) is 31.8 Å². The van der Waals surface area contributed by atoms with Gasteiger partial charge in [-0.3, -0.25) is 67.3 Å². The summed E-state index contributed by atoms with van der Waals surface area (Å²) in [4.78, 5) is 182. The van der Waals surface area contributed by atoms with Crippen LogP contribution >= 0.6 is 12.6 Å². The summed E-state index contributed by atoms with van der Waals surface area (Å²) >= 11 is 4.05. The number of guanidine groups is 1. The molecule has 0 rings (SSSR count). The predicted octanol–water partition coefficient (Wildman–Crippen LogP) is -6.58. The average Bonchev–Trinajstić information content (AvgIpc) is 3.32. The van der Waals surface area contributed by atoms with E-state index in [0.29, 0.717) is 0 Å². The third-order valence-electron chi connectivity index (χ3n) is 11.2. The summed E-state index contributed by atoms with van der Waals surface area (Å²) < 4.78 is 0. The number of nitrogens with two attached hydrogens (primary N) is 4. The number of carbonyl (C=O) groups is 14. The average molecular weight is 1120 g/mol. The Morgan fingerprint density at radius 3 is 1.39 bits per heavy atom. The monoisotopic (exact) mass is 1120 g/mol. The normalized spacial score (nSPS) is 14.8. The summed E-state index contributed by atoms with van der Waals surface area (Å²) in [6, 6.07) is -14.6. The summed E-state index contributed by atoms with van der Waals surface area (Å²) in [5, 5.41) is 58.0. The summed E-state index contributed by atoms with van der Waals surface area (Å²) in [5.41, 5.74) is 21.8. The van der Waals surface area contributed by atoms with Gasteiger partial charge < -0.3 is 91.2 Å². The number of aliphatic imine (C=N–C) groups is 1. The van der Waals surface area contributed by atoms with Gasteiger partial charge in [-0.15, -0.1) is 0 Å². The first kappa shape index (κ1) is 69.2. The molecule has 0 aromatic heterocycles. The first-order valence-corrected chi connectivity index (χ1v) is 24.7. The molecule has 33 heteroatoms. The lowest BCUT2D eigenvalue weighted by Gasteiger charge is -2.29. The van der Waals surface area contributed by atoms with Gasteiger partial charge in [0.15, 0.2) is 5.96 Å². The van der Waals surface area contributed by atoms with Crippen LogP contribution in [0.4, 0.5) is 0 Å². The van der Waals surface area contributed by atoms with E-state index in [1.54, 1.807) is 27.7 Å². The maximum Gasteiger partial charge on any atom is 0.326 e. The SMILES string of the molecule is CC[C@H](C)[C@H](NC(=O)CNC(=O)[C@H](CS)NC(=O)[C@H](CC(=O)O)NC(=O)[C@@H](N)C(C)C)C(=O)N[C@@H](CCC(N)=O)C(=O)N[C@H](C(=O)N[C@@H](CC(=O)O)C(=O)N[C@@H](CCCN=C(N)N)C(=O)N[C@@H](CC(=O)O)C(=O)O)C(C)C. The molecule has 0 aliphatic heterocycles. The Bertz CT molecular complexity index is 2180. The summed E-state index contributed by atoms with van der Waals surface area (Å²) in [6.07, 6.45) is -4.16. The molecule has 77 heavy (non-hydrogen) atoms. The van der Waals surface area contributed by atoms with Gasteiger partial charge in [0.2, 0.25) is 59.1 Å². The lowest BCUT2D eigenvalue weighted by Crippen LogP contribution is -2.61. The van der Waals surface area contributed by atoms with E-state index < -0.39 is 188 Å². The van der Waals surface area contributed by atoms with Gasteiger partial charge in [-0.2, -0.15) is 12.6 Å². The zero-order valence-electron chi connectivity index (χ0n) is 43.4. The first-order valence-electron chi connectivity index (χ1n) is 24.0. The minimum atomic E-state index is -1.98. The molecule has 0 unspecified atom stereocenters. The molecule has 0 saturated carbocycles. The molecular formula is C44H74N14O18S. The first-order chi connectivity index (χ1) is 35.8. The van der Waals surface area contributed by atoms with Crippen LogP contribution in [0, 0.1) is 17.8 Å². The summed E-state index contributed by atoms with van der Waals surface area (Å²) in [7, 11) is 0. The van der Waals surface area contributed by atoms with Gasteiger partial charge in [-0.1, -0.05) is 48.0 Å². The van der Waals surface area contributed by atoms with Gasteiger partial charge in [-0.05, 0) is 37.0 Å². The minimum absolute atomic E-state index is 0.0413. The quantitative estimate of drug-likeness (QED) is 0.0119. The van der Waals surface area contributed by atoms with Crippen LogP contribution in [0.25, 0.3) is 0 Å². The Balaban J connectivity index is 6.45. The molecule has 21 N–H and O–H groups in total. The molecule has 0 aliphatic rings. The van der Waals surface area contributed by atoms with Crippen molar-refractivity contribution in [3.8, 4) is 0 Å². The Morgan fingerprint density at radius 1 is 0.506 bits per heavy atom. The highest BCUT2D eigenvalue weighted by Crippen LogP contribution is 2.12. The molecule has 434 valence electrons. The third-order valence-corrected chi connectivity index (χ3v) is 11.6. The van der Waals surface area contributed by atoms with Crippen molar-refractivity contribution in [3.05, 3.63) is 0 Å². The second-order valence-corrected chi connectivity index (χ2v) is 18.6. The van der Waals surface area contributed by atoms with E-state index in [1.165, 1.54) is 13.8 Å². The van der Waals surface area contributed by atoms with Crippen LogP contribution in [0.15, 0.2) is 4.99 Å².